The molecule has 0 saturated heterocycles. The van der Waals surface area contributed by atoms with E-state index in [2.05, 4.69) is 0 Å². The largest absolute Gasteiger partial charge is 0.462 e. The number of nitro benzene ring substituents is 1. The molecule has 0 radical (unpaired) electrons. The van der Waals surface area contributed by atoms with Crippen LogP contribution in [0.4, 0.5) is 5.69 Å². The Morgan fingerprint density at radius 2 is 2.11 bits per heavy atom. The number of ketones is 1. The Kier molecular flexibility index (Phi) is 4.97. The Bertz CT molecular complexity index is 928. The summed E-state index contributed by atoms with van der Waals surface area (Å²) in [4.78, 5) is 36.7. The molecule has 1 aromatic rings. The number of non-ortho nitro benzene ring substituents is 1. The van der Waals surface area contributed by atoms with Crippen LogP contribution in [0.15, 0.2) is 47.1 Å². The maximum absolute atomic E-state index is 13.5. The predicted octanol–water partition coefficient (Wildman–Crippen LogP) is 3.09. The number of nitrogens with zero attached hydrogens (tertiary/aromatic N) is 1. The molecule has 1 aromatic carbocycles. The molecule has 1 aliphatic carbocycles. The topological polar surface area (TPSA) is 122 Å². The van der Waals surface area contributed by atoms with Crippen molar-refractivity contribution < 1.29 is 24.0 Å². The lowest BCUT2D eigenvalue weighted by Crippen LogP contribution is -2.26. The summed E-state index contributed by atoms with van der Waals surface area (Å²) in [6.45, 7) is 5.74. The molecule has 1 atom stereocenters. The van der Waals surface area contributed by atoms with Gasteiger partial charge in [-0.15, -0.1) is 0 Å². The quantitative estimate of drug-likeness (QED) is 0.479. The van der Waals surface area contributed by atoms with E-state index in [1.54, 1.807) is 13.0 Å². The summed E-state index contributed by atoms with van der Waals surface area (Å²) < 4.78 is 10.8. The molecule has 0 spiro atoms. The predicted molar refractivity (Wildman–Crippen MR) is 99.8 cm³/mol. The first-order valence-electron chi connectivity index (χ1n) is 9.00. The zero-order chi connectivity index (χ0) is 20.6. The third kappa shape index (κ3) is 3.49. The fourth-order valence-corrected chi connectivity index (χ4v) is 3.70. The smallest absolute Gasteiger partial charge is 0.340 e. The van der Waals surface area contributed by atoms with Crippen LogP contribution in [0, 0.1) is 15.5 Å². The van der Waals surface area contributed by atoms with Crippen LogP contribution in [0.25, 0.3) is 0 Å². The van der Waals surface area contributed by atoms with E-state index in [-0.39, 0.29) is 34.9 Å². The van der Waals surface area contributed by atoms with E-state index in [1.165, 1.54) is 18.2 Å². The number of esters is 1. The molecular weight excluding hydrogens is 364 g/mol. The molecule has 1 heterocycles. The van der Waals surface area contributed by atoms with Crippen LogP contribution < -0.4 is 5.73 Å². The number of carbonyl (C=O) groups excluding carboxylic acids is 2. The zero-order valence-electron chi connectivity index (χ0n) is 16.0. The summed E-state index contributed by atoms with van der Waals surface area (Å²) >= 11 is 0. The van der Waals surface area contributed by atoms with Crippen molar-refractivity contribution >= 4 is 17.4 Å². The third-order valence-electron chi connectivity index (χ3n) is 4.89. The highest BCUT2D eigenvalue weighted by atomic mass is 16.6. The molecule has 2 aliphatic rings. The van der Waals surface area contributed by atoms with Crippen LogP contribution in [0.3, 0.4) is 0 Å². The highest BCUT2D eigenvalue weighted by Gasteiger charge is 2.44. The molecule has 3 rings (SSSR count). The van der Waals surface area contributed by atoms with Gasteiger partial charge in [-0.2, -0.15) is 0 Å². The molecule has 0 amide bonds. The van der Waals surface area contributed by atoms with Crippen molar-refractivity contribution in [3.8, 4) is 0 Å². The fraction of sp³-hybridized carbons (Fsp3) is 0.400. The minimum atomic E-state index is -1.12. The Labute approximate surface area is 162 Å². The lowest BCUT2D eigenvalue weighted by atomic mass is 9.81. The Morgan fingerprint density at radius 1 is 1.39 bits per heavy atom. The number of hydrogen-bond donors (Lipinski definition) is 1. The molecule has 1 unspecified atom stereocenters. The number of allylic oxidation sites excluding steroid dienone is 2. The summed E-state index contributed by atoms with van der Waals surface area (Å²) in [5, 5.41) is 11.2. The van der Waals surface area contributed by atoms with Gasteiger partial charge in [-0.1, -0.05) is 26.0 Å². The van der Waals surface area contributed by atoms with Crippen LogP contribution in [0.5, 0.6) is 0 Å². The van der Waals surface area contributed by atoms with E-state index in [4.69, 9.17) is 15.2 Å². The van der Waals surface area contributed by atoms with Gasteiger partial charge in [0.2, 0.25) is 5.88 Å². The molecule has 1 aliphatic heterocycles. The van der Waals surface area contributed by atoms with Crippen molar-refractivity contribution in [2.45, 2.75) is 39.5 Å². The van der Waals surface area contributed by atoms with Gasteiger partial charge in [0, 0.05) is 24.1 Å². The van der Waals surface area contributed by atoms with Gasteiger partial charge in [-0.25, -0.2) is 4.79 Å². The molecule has 0 fully saturated rings. The van der Waals surface area contributed by atoms with Crippen molar-refractivity contribution in [2.24, 2.45) is 11.1 Å². The van der Waals surface area contributed by atoms with Crippen LogP contribution >= 0.6 is 0 Å². The number of hydrogen-bond acceptors (Lipinski definition) is 7. The van der Waals surface area contributed by atoms with Gasteiger partial charge in [-0.3, -0.25) is 14.9 Å². The minimum absolute atomic E-state index is 0.0889. The van der Waals surface area contributed by atoms with Crippen molar-refractivity contribution in [1.82, 2.24) is 0 Å². The standard InChI is InChI=1S/C20H22N2O6/c1-4-27-19(24)16-15(11-6-5-7-12(8-11)22(25)26)17(23)13-9-20(2,3)10-14(13)28-18(16)21/h5-8,15H,4,9-10,21H2,1-3H3. The molecule has 0 saturated carbocycles. The van der Waals surface area contributed by atoms with Crippen molar-refractivity contribution in [2.75, 3.05) is 6.61 Å². The van der Waals surface area contributed by atoms with Crippen molar-refractivity contribution in [3.05, 3.63) is 62.7 Å². The number of Topliss-reactive ketones (excluding diaryl/α,β-unsaturated/α-hetero) is 1. The van der Waals surface area contributed by atoms with E-state index in [9.17, 15) is 19.7 Å². The van der Waals surface area contributed by atoms with E-state index in [0.717, 1.165) is 0 Å². The Balaban J connectivity index is 2.17. The molecule has 8 heteroatoms. The summed E-state index contributed by atoms with van der Waals surface area (Å²) in [7, 11) is 0. The van der Waals surface area contributed by atoms with E-state index < -0.39 is 16.8 Å². The first kappa shape index (κ1) is 19.6. The second-order valence-electron chi connectivity index (χ2n) is 7.67. The molecule has 148 valence electrons. The SMILES string of the molecule is CCOC(=O)C1=C(N)OC2=C(CC(C)(C)C2)C(=O)C1c1cccc([N+](=O)[O-])c1. The van der Waals surface area contributed by atoms with Crippen LogP contribution in [-0.2, 0) is 19.1 Å². The highest BCUT2D eigenvalue weighted by Crippen LogP contribution is 2.47. The van der Waals surface area contributed by atoms with Gasteiger partial charge in [0.15, 0.2) is 5.78 Å². The lowest BCUT2D eigenvalue weighted by molar-refractivity contribution is -0.384. The maximum Gasteiger partial charge on any atom is 0.340 e. The van der Waals surface area contributed by atoms with E-state index in [1.807, 2.05) is 13.8 Å². The van der Waals surface area contributed by atoms with Crippen LogP contribution in [-0.4, -0.2) is 23.3 Å². The Morgan fingerprint density at radius 3 is 2.75 bits per heavy atom. The summed E-state index contributed by atoms with van der Waals surface area (Å²) in [6, 6.07) is 5.63. The van der Waals surface area contributed by atoms with Gasteiger partial charge in [0.05, 0.1) is 17.4 Å². The monoisotopic (exact) mass is 386 g/mol. The van der Waals surface area contributed by atoms with Gasteiger partial charge in [0.1, 0.15) is 11.3 Å². The average Bonchev–Trinajstić information content (AvgIpc) is 2.88. The summed E-state index contributed by atoms with van der Waals surface area (Å²) in [5.41, 5.74) is 6.35. The molecule has 2 N–H and O–H groups in total. The van der Waals surface area contributed by atoms with Gasteiger partial charge < -0.3 is 15.2 Å². The highest BCUT2D eigenvalue weighted by molar-refractivity contribution is 6.09. The lowest BCUT2D eigenvalue weighted by Gasteiger charge is -2.22. The number of nitro groups is 1. The van der Waals surface area contributed by atoms with Gasteiger partial charge in [0.25, 0.3) is 5.69 Å². The number of nitrogens with two attached hydrogens (primary N) is 1. The number of rotatable bonds is 4. The van der Waals surface area contributed by atoms with E-state index >= 15 is 0 Å². The van der Waals surface area contributed by atoms with Crippen molar-refractivity contribution in [3.63, 3.8) is 0 Å². The van der Waals surface area contributed by atoms with Gasteiger partial charge in [-0.05, 0) is 24.3 Å². The summed E-state index contributed by atoms with van der Waals surface area (Å²) in [5.74, 6) is -2.00. The molecular formula is C20H22N2O6. The Hall–Kier alpha value is -3.16. The zero-order valence-corrected chi connectivity index (χ0v) is 16.0. The summed E-state index contributed by atoms with van der Waals surface area (Å²) in [6.07, 6.45) is 0.975. The number of benzene rings is 1. The first-order chi connectivity index (χ1) is 13.1. The maximum atomic E-state index is 13.5. The molecule has 28 heavy (non-hydrogen) atoms. The molecule has 0 aromatic heterocycles. The van der Waals surface area contributed by atoms with Crippen LogP contribution in [0.1, 0.15) is 45.1 Å². The molecule has 8 nitrogen and oxygen atoms in total. The van der Waals surface area contributed by atoms with Crippen LogP contribution in [0.2, 0.25) is 0 Å². The second kappa shape index (κ2) is 7.10. The second-order valence-corrected chi connectivity index (χ2v) is 7.67. The van der Waals surface area contributed by atoms with Gasteiger partial charge >= 0.3 is 5.97 Å². The first-order valence-corrected chi connectivity index (χ1v) is 9.00. The van der Waals surface area contributed by atoms with Crippen molar-refractivity contribution in [1.29, 1.82) is 0 Å². The minimum Gasteiger partial charge on any atom is -0.462 e. The fourth-order valence-electron chi connectivity index (χ4n) is 3.70. The average molecular weight is 386 g/mol. The number of ether oxygens (including phenoxy) is 2. The normalized spacial score (nSPS) is 21.1. The number of carbonyl (C=O) groups is 2. The third-order valence-corrected chi connectivity index (χ3v) is 4.89. The van der Waals surface area contributed by atoms with E-state index in [0.29, 0.717) is 29.7 Å². The molecule has 0 bridgehead atoms.